The summed E-state index contributed by atoms with van der Waals surface area (Å²) in [6.07, 6.45) is 0. The first-order chi connectivity index (χ1) is 10.6. The molecule has 5 nitrogen and oxygen atoms in total. The Morgan fingerprint density at radius 2 is 1.73 bits per heavy atom. The summed E-state index contributed by atoms with van der Waals surface area (Å²) in [7, 11) is 4.95. The molecule has 22 heavy (non-hydrogen) atoms. The zero-order chi connectivity index (χ0) is 15.9. The summed E-state index contributed by atoms with van der Waals surface area (Å²) in [6.45, 7) is 0.505. The lowest BCUT2D eigenvalue weighted by molar-refractivity contribution is 0.220. The van der Waals surface area contributed by atoms with E-state index in [-0.39, 0.29) is 6.03 Å². The van der Waals surface area contributed by atoms with Crippen molar-refractivity contribution in [1.82, 2.24) is 4.90 Å². The number of carbonyl (C=O) groups excluding carboxylic acids is 1. The van der Waals surface area contributed by atoms with Gasteiger partial charge >= 0.3 is 6.03 Å². The molecule has 0 aromatic heterocycles. The van der Waals surface area contributed by atoms with Gasteiger partial charge in [0, 0.05) is 13.6 Å². The molecule has 2 aromatic rings. The fourth-order valence-corrected chi connectivity index (χ4v) is 2.04. The second kappa shape index (κ2) is 7.36. The minimum absolute atomic E-state index is 0.194. The Labute approximate surface area is 130 Å². The highest BCUT2D eigenvalue weighted by Crippen LogP contribution is 2.23. The number of ether oxygens (including phenoxy) is 2. The molecule has 5 heteroatoms. The Balaban J connectivity index is 1.99. The van der Waals surface area contributed by atoms with Crippen LogP contribution in [-0.2, 0) is 6.54 Å². The second-order valence-electron chi connectivity index (χ2n) is 4.83. The molecule has 0 heterocycles. The lowest BCUT2D eigenvalue weighted by atomic mass is 10.2. The number of methoxy groups -OCH3 is 2. The largest absolute Gasteiger partial charge is 0.497 e. The summed E-state index contributed by atoms with van der Waals surface area (Å²) in [5.74, 6) is 1.43. The van der Waals surface area contributed by atoms with Crippen molar-refractivity contribution in [3.05, 3.63) is 54.1 Å². The van der Waals surface area contributed by atoms with Crippen LogP contribution in [-0.4, -0.2) is 32.2 Å². The van der Waals surface area contributed by atoms with Crippen LogP contribution < -0.4 is 14.8 Å². The molecular formula is C17H20N2O3. The zero-order valence-electron chi connectivity index (χ0n) is 13.0. The van der Waals surface area contributed by atoms with Gasteiger partial charge in [-0.3, -0.25) is 0 Å². The van der Waals surface area contributed by atoms with Gasteiger partial charge in [-0.15, -0.1) is 0 Å². The van der Waals surface area contributed by atoms with Gasteiger partial charge in [0.25, 0.3) is 0 Å². The van der Waals surface area contributed by atoms with E-state index in [2.05, 4.69) is 5.32 Å². The molecule has 0 saturated heterocycles. The third-order valence-corrected chi connectivity index (χ3v) is 3.27. The minimum Gasteiger partial charge on any atom is -0.497 e. The van der Waals surface area contributed by atoms with Crippen LogP contribution in [0.1, 0.15) is 5.56 Å². The monoisotopic (exact) mass is 300 g/mol. The van der Waals surface area contributed by atoms with Crippen molar-refractivity contribution in [2.75, 3.05) is 26.6 Å². The van der Waals surface area contributed by atoms with Gasteiger partial charge in [0.1, 0.15) is 11.5 Å². The molecule has 0 spiro atoms. The van der Waals surface area contributed by atoms with Crippen LogP contribution in [0.4, 0.5) is 10.5 Å². The standard InChI is InChI=1S/C17H20N2O3/c1-19(12-13-8-10-14(21-2)11-9-13)17(20)18-15-6-4-5-7-16(15)22-3/h4-11H,12H2,1-3H3,(H,18,20). The molecule has 0 unspecified atom stereocenters. The molecule has 0 aliphatic heterocycles. The van der Waals surface area contributed by atoms with Gasteiger partial charge in [-0.05, 0) is 29.8 Å². The minimum atomic E-state index is -0.194. The van der Waals surface area contributed by atoms with Gasteiger partial charge in [-0.1, -0.05) is 24.3 Å². The normalized spacial score (nSPS) is 9.95. The van der Waals surface area contributed by atoms with Crippen LogP contribution in [0.3, 0.4) is 0 Å². The molecular weight excluding hydrogens is 280 g/mol. The molecule has 0 aliphatic carbocycles. The van der Waals surface area contributed by atoms with Crippen molar-refractivity contribution in [3.8, 4) is 11.5 Å². The van der Waals surface area contributed by atoms with Gasteiger partial charge in [-0.2, -0.15) is 0 Å². The molecule has 0 fully saturated rings. The van der Waals surface area contributed by atoms with Crippen molar-refractivity contribution >= 4 is 11.7 Å². The van der Waals surface area contributed by atoms with E-state index in [9.17, 15) is 4.79 Å². The Morgan fingerprint density at radius 3 is 2.36 bits per heavy atom. The van der Waals surface area contributed by atoms with Gasteiger partial charge in [0.2, 0.25) is 0 Å². The first-order valence-electron chi connectivity index (χ1n) is 6.92. The van der Waals surface area contributed by atoms with Gasteiger partial charge in [-0.25, -0.2) is 4.79 Å². The summed E-state index contributed by atoms with van der Waals surface area (Å²) in [5, 5.41) is 2.84. The number of nitrogens with one attached hydrogen (secondary N) is 1. The summed E-state index contributed by atoms with van der Waals surface area (Å²) < 4.78 is 10.3. The Kier molecular flexibility index (Phi) is 5.25. The van der Waals surface area contributed by atoms with Crippen molar-refractivity contribution in [1.29, 1.82) is 0 Å². The Hall–Kier alpha value is -2.69. The number of nitrogens with zero attached hydrogens (tertiary/aromatic N) is 1. The second-order valence-corrected chi connectivity index (χ2v) is 4.83. The number of para-hydroxylation sites is 2. The van der Waals surface area contributed by atoms with Gasteiger partial charge < -0.3 is 19.7 Å². The molecule has 116 valence electrons. The van der Waals surface area contributed by atoms with Crippen LogP contribution >= 0.6 is 0 Å². The van der Waals surface area contributed by atoms with E-state index >= 15 is 0 Å². The number of anilines is 1. The van der Waals surface area contributed by atoms with Gasteiger partial charge in [0.15, 0.2) is 0 Å². The highest BCUT2D eigenvalue weighted by Gasteiger charge is 2.11. The predicted molar refractivity (Wildman–Crippen MR) is 86.5 cm³/mol. The molecule has 0 saturated carbocycles. The smallest absolute Gasteiger partial charge is 0.321 e. The number of benzene rings is 2. The number of amides is 2. The van der Waals surface area contributed by atoms with Crippen LogP contribution in [0, 0.1) is 0 Å². The third kappa shape index (κ3) is 3.91. The average molecular weight is 300 g/mol. The summed E-state index contributed by atoms with van der Waals surface area (Å²) >= 11 is 0. The SMILES string of the molecule is COc1ccc(CN(C)C(=O)Nc2ccccc2OC)cc1. The summed E-state index contributed by atoms with van der Waals surface area (Å²) in [6, 6.07) is 14.7. The average Bonchev–Trinajstić information content (AvgIpc) is 2.56. The fourth-order valence-electron chi connectivity index (χ4n) is 2.04. The number of urea groups is 1. The summed E-state index contributed by atoms with van der Waals surface area (Å²) in [5.41, 5.74) is 1.68. The fraction of sp³-hybridized carbons (Fsp3) is 0.235. The van der Waals surface area contributed by atoms with Crippen LogP contribution in [0.15, 0.2) is 48.5 Å². The van der Waals surface area contributed by atoms with E-state index in [0.717, 1.165) is 11.3 Å². The molecule has 2 amide bonds. The molecule has 1 N–H and O–H groups in total. The highest BCUT2D eigenvalue weighted by atomic mass is 16.5. The first-order valence-corrected chi connectivity index (χ1v) is 6.92. The lowest BCUT2D eigenvalue weighted by Gasteiger charge is -2.19. The molecule has 0 radical (unpaired) electrons. The Morgan fingerprint density at radius 1 is 1.05 bits per heavy atom. The number of carbonyl (C=O) groups is 1. The van der Waals surface area contributed by atoms with E-state index in [4.69, 9.17) is 9.47 Å². The van der Waals surface area contributed by atoms with Crippen molar-refractivity contribution in [3.63, 3.8) is 0 Å². The van der Waals surface area contributed by atoms with E-state index in [0.29, 0.717) is 18.0 Å². The van der Waals surface area contributed by atoms with E-state index in [1.54, 1.807) is 38.3 Å². The maximum Gasteiger partial charge on any atom is 0.321 e. The van der Waals surface area contributed by atoms with Crippen LogP contribution in [0.2, 0.25) is 0 Å². The van der Waals surface area contributed by atoms with Gasteiger partial charge in [0.05, 0.1) is 19.9 Å². The predicted octanol–water partition coefficient (Wildman–Crippen LogP) is 3.37. The molecule has 0 atom stereocenters. The van der Waals surface area contributed by atoms with Crippen molar-refractivity contribution < 1.29 is 14.3 Å². The molecule has 0 bridgehead atoms. The lowest BCUT2D eigenvalue weighted by Crippen LogP contribution is -2.30. The number of rotatable bonds is 5. The highest BCUT2D eigenvalue weighted by molar-refractivity contribution is 5.90. The molecule has 0 aliphatic rings. The van der Waals surface area contributed by atoms with Crippen molar-refractivity contribution in [2.24, 2.45) is 0 Å². The number of hydrogen-bond donors (Lipinski definition) is 1. The first kappa shape index (κ1) is 15.7. The summed E-state index contributed by atoms with van der Waals surface area (Å²) in [4.78, 5) is 13.8. The topological polar surface area (TPSA) is 50.8 Å². The molecule has 2 aromatic carbocycles. The zero-order valence-corrected chi connectivity index (χ0v) is 13.0. The van der Waals surface area contributed by atoms with Crippen LogP contribution in [0.25, 0.3) is 0 Å². The van der Waals surface area contributed by atoms with E-state index in [1.165, 1.54) is 0 Å². The molecule has 2 rings (SSSR count). The number of hydrogen-bond acceptors (Lipinski definition) is 3. The van der Waals surface area contributed by atoms with E-state index in [1.807, 2.05) is 36.4 Å². The maximum absolute atomic E-state index is 12.2. The maximum atomic E-state index is 12.2. The van der Waals surface area contributed by atoms with Crippen LogP contribution in [0.5, 0.6) is 11.5 Å². The van der Waals surface area contributed by atoms with Crippen molar-refractivity contribution in [2.45, 2.75) is 6.54 Å². The quantitative estimate of drug-likeness (QED) is 0.921. The van der Waals surface area contributed by atoms with E-state index < -0.39 is 0 Å². The Bertz CT molecular complexity index is 626. The third-order valence-electron chi connectivity index (χ3n) is 3.27.